The first-order valence-electron chi connectivity index (χ1n) is 6.48. The van der Waals surface area contributed by atoms with E-state index in [0.29, 0.717) is 18.4 Å². The van der Waals surface area contributed by atoms with Crippen molar-refractivity contribution >= 4 is 18.0 Å². The van der Waals surface area contributed by atoms with E-state index in [2.05, 4.69) is 5.32 Å². The van der Waals surface area contributed by atoms with E-state index in [4.69, 9.17) is 5.11 Å². The standard InChI is InChI=1S/C14H15NO3.CH4O/c16-9-11-8-12(17)6-7-13(11)15-14(18)10-4-2-1-3-5-10;1-2/h1-5,9,11,13H,6-8H2,(H,15,18);2H,1H3/t11-,13-;/m1./s1. The zero-order valence-electron chi connectivity index (χ0n) is 11.4. The fourth-order valence-corrected chi connectivity index (χ4v) is 2.20. The van der Waals surface area contributed by atoms with Crippen molar-refractivity contribution in [2.24, 2.45) is 5.92 Å². The third-order valence-corrected chi connectivity index (χ3v) is 3.24. The molecule has 0 saturated heterocycles. The van der Waals surface area contributed by atoms with Gasteiger partial charge in [0.05, 0.1) is 0 Å². The van der Waals surface area contributed by atoms with Crippen LogP contribution >= 0.6 is 0 Å². The Hall–Kier alpha value is -2.01. The number of ketones is 1. The molecule has 1 saturated carbocycles. The van der Waals surface area contributed by atoms with Crippen LogP contribution in [0.2, 0.25) is 0 Å². The first-order chi connectivity index (χ1) is 9.70. The molecule has 1 fully saturated rings. The molecule has 0 spiro atoms. The average Bonchev–Trinajstić information content (AvgIpc) is 2.51. The minimum absolute atomic E-state index is 0.0947. The first-order valence-corrected chi connectivity index (χ1v) is 6.48. The predicted molar refractivity (Wildman–Crippen MR) is 74.3 cm³/mol. The van der Waals surface area contributed by atoms with Crippen molar-refractivity contribution < 1.29 is 19.5 Å². The Morgan fingerprint density at radius 1 is 1.30 bits per heavy atom. The zero-order valence-corrected chi connectivity index (χ0v) is 11.4. The summed E-state index contributed by atoms with van der Waals surface area (Å²) in [5.41, 5.74) is 0.569. The third kappa shape index (κ3) is 4.28. The molecule has 1 aromatic carbocycles. The predicted octanol–water partition coefficient (Wildman–Crippen LogP) is 0.962. The van der Waals surface area contributed by atoms with E-state index >= 15 is 0 Å². The second-order valence-electron chi connectivity index (χ2n) is 4.53. The number of aliphatic hydroxyl groups excluding tert-OH is 1. The second-order valence-corrected chi connectivity index (χ2v) is 4.53. The van der Waals surface area contributed by atoms with Gasteiger partial charge in [-0.2, -0.15) is 0 Å². The summed E-state index contributed by atoms with van der Waals surface area (Å²) in [6.07, 6.45) is 1.99. The van der Waals surface area contributed by atoms with Crippen LogP contribution in [0.15, 0.2) is 30.3 Å². The molecule has 1 aliphatic carbocycles. The maximum Gasteiger partial charge on any atom is 0.251 e. The molecule has 0 aliphatic heterocycles. The normalized spacial score (nSPS) is 21.4. The topological polar surface area (TPSA) is 83.5 Å². The van der Waals surface area contributed by atoms with Crippen LogP contribution in [0.5, 0.6) is 0 Å². The highest BCUT2D eigenvalue weighted by Gasteiger charge is 2.30. The summed E-state index contributed by atoms with van der Waals surface area (Å²) in [5, 5.41) is 9.83. The van der Waals surface area contributed by atoms with E-state index in [9.17, 15) is 14.4 Å². The molecule has 0 aromatic heterocycles. The summed E-state index contributed by atoms with van der Waals surface area (Å²) in [6, 6.07) is 8.63. The van der Waals surface area contributed by atoms with Crippen molar-refractivity contribution in [3.63, 3.8) is 0 Å². The molecule has 20 heavy (non-hydrogen) atoms. The lowest BCUT2D eigenvalue weighted by molar-refractivity contribution is -0.125. The monoisotopic (exact) mass is 277 g/mol. The zero-order chi connectivity index (χ0) is 15.0. The summed E-state index contributed by atoms with van der Waals surface area (Å²) in [5.74, 6) is -0.488. The Kier molecular flexibility index (Phi) is 6.59. The van der Waals surface area contributed by atoms with Crippen molar-refractivity contribution in [3.05, 3.63) is 35.9 Å². The number of hydrogen-bond donors (Lipinski definition) is 2. The second kappa shape index (κ2) is 8.22. The Morgan fingerprint density at radius 2 is 1.95 bits per heavy atom. The van der Waals surface area contributed by atoms with Crippen LogP contribution in [0.1, 0.15) is 29.6 Å². The van der Waals surface area contributed by atoms with Gasteiger partial charge in [0.1, 0.15) is 12.1 Å². The van der Waals surface area contributed by atoms with Crippen molar-refractivity contribution in [2.45, 2.75) is 25.3 Å². The Morgan fingerprint density at radius 3 is 2.55 bits per heavy atom. The quantitative estimate of drug-likeness (QED) is 0.806. The van der Waals surface area contributed by atoms with Crippen LogP contribution in [0.3, 0.4) is 0 Å². The van der Waals surface area contributed by atoms with Crippen LogP contribution in [-0.4, -0.2) is 36.2 Å². The Balaban J connectivity index is 0.000000956. The fourth-order valence-electron chi connectivity index (χ4n) is 2.20. The highest BCUT2D eigenvalue weighted by atomic mass is 16.2. The van der Waals surface area contributed by atoms with Crippen molar-refractivity contribution in [1.82, 2.24) is 5.32 Å². The van der Waals surface area contributed by atoms with Gasteiger partial charge in [0.15, 0.2) is 0 Å². The SMILES string of the molecule is CO.O=C[C@H]1CC(=O)CC[C@H]1NC(=O)c1ccccc1. The average molecular weight is 277 g/mol. The van der Waals surface area contributed by atoms with Gasteiger partial charge in [-0.1, -0.05) is 18.2 Å². The summed E-state index contributed by atoms with van der Waals surface area (Å²) in [7, 11) is 1.00. The van der Waals surface area contributed by atoms with E-state index in [1.807, 2.05) is 6.07 Å². The molecule has 1 aliphatic rings. The number of hydrogen-bond acceptors (Lipinski definition) is 4. The molecule has 2 rings (SSSR count). The molecule has 1 aromatic rings. The van der Waals surface area contributed by atoms with Gasteiger partial charge in [0.2, 0.25) is 0 Å². The van der Waals surface area contributed by atoms with Crippen LogP contribution in [-0.2, 0) is 9.59 Å². The lowest BCUT2D eigenvalue weighted by Crippen LogP contribution is -2.44. The van der Waals surface area contributed by atoms with Crippen molar-refractivity contribution in [2.75, 3.05) is 7.11 Å². The van der Waals surface area contributed by atoms with Crippen molar-refractivity contribution in [3.8, 4) is 0 Å². The van der Waals surface area contributed by atoms with Gasteiger partial charge < -0.3 is 15.2 Å². The molecule has 5 nitrogen and oxygen atoms in total. The molecular formula is C15H19NO4. The van der Waals surface area contributed by atoms with Gasteiger partial charge in [0.25, 0.3) is 5.91 Å². The number of aldehydes is 1. The maximum atomic E-state index is 11.9. The number of Topliss-reactive ketones (excluding diaryl/α,β-unsaturated/α-hetero) is 1. The summed E-state index contributed by atoms with van der Waals surface area (Å²) < 4.78 is 0. The molecule has 1 amide bonds. The minimum atomic E-state index is -0.390. The number of amides is 1. The molecular weight excluding hydrogens is 258 g/mol. The highest BCUT2D eigenvalue weighted by molar-refractivity contribution is 5.94. The van der Waals surface area contributed by atoms with E-state index in [0.717, 1.165) is 13.4 Å². The number of rotatable bonds is 3. The molecule has 108 valence electrons. The number of benzene rings is 1. The number of nitrogens with one attached hydrogen (secondary N) is 1. The van der Waals surface area contributed by atoms with E-state index < -0.39 is 0 Å². The third-order valence-electron chi connectivity index (χ3n) is 3.24. The Bertz CT molecular complexity index is 458. The first kappa shape index (κ1) is 16.0. The van der Waals surface area contributed by atoms with E-state index in [1.54, 1.807) is 24.3 Å². The van der Waals surface area contributed by atoms with Gasteiger partial charge in [-0.05, 0) is 18.6 Å². The van der Waals surface area contributed by atoms with Gasteiger partial charge >= 0.3 is 0 Å². The molecule has 2 N–H and O–H groups in total. The smallest absolute Gasteiger partial charge is 0.251 e. The van der Waals surface area contributed by atoms with E-state index in [-0.39, 0.29) is 30.1 Å². The lowest BCUT2D eigenvalue weighted by Gasteiger charge is -2.27. The molecule has 5 heteroatoms. The van der Waals surface area contributed by atoms with Gasteiger partial charge in [-0.15, -0.1) is 0 Å². The molecule has 2 atom stereocenters. The lowest BCUT2D eigenvalue weighted by atomic mass is 9.84. The number of carbonyl (C=O) groups is 3. The van der Waals surface area contributed by atoms with Crippen LogP contribution in [0.4, 0.5) is 0 Å². The van der Waals surface area contributed by atoms with E-state index in [1.165, 1.54) is 0 Å². The largest absolute Gasteiger partial charge is 0.400 e. The van der Waals surface area contributed by atoms with Crippen molar-refractivity contribution in [1.29, 1.82) is 0 Å². The van der Waals surface area contributed by atoms with Crippen LogP contribution in [0.25, 0.3) is 0 Å². The molecule has 0 bridgehead atoms. The summed E-state index contributed by atoms with van der Waals surface area (Å²) in [6.45, 7) is 0. The Labute approximate surface area is 118 Å². The maximum absolute atomic E-state index is 11.9. The van der Waals surface area contributed by atoms with Crippen LogP contribution in [0, 0.1) is 5.92 Å². The summed E-state index contributed by atoms with van der Waals surface area (Å²) in [4.78, 5) is 34.1. The highest BCUT2D eigenvalue weighted by Crippen LogP contribution is 2.20. The number of carbonyl (C=O) groups excluding carboxylic acids is 3. The number of aliphatic hydroxyl groups is 1. The molecule has 0 heterocycles. The molecule has 0 unspecified atom stereocenters. The van der Waals surface area contributed by atoms with Gasteiger partial charge in [0, 0.05) is 37.5 Å². The fraction of sp³-hybridized carbons (Fsp3) is 0.400. The van der Waals surface area contributed by atoms with Gasteiger partial charge in [-0.3, -0.25) is 9.59 Å². The minimum Gasteiger partial charge on any atom is -0.400 e. The summed E-state index contributed by atoms with van der Waals surface area (Å²) >= 11 is 0. The van der Waals surface area contributed by atoms with Gasteiger partial charge in [-0.25, -0.2) is 0 Å². The van der Waals surface area contributed by atoms with Crippen LogP contribution < -0.4 is 5.32 Å². The molecule has 0 radical (unpaired) electrons.